The van der Waals surface area contributed by atoms with Gasteiger partial charge in [0.2, 0.25) is 0 Å². The number of nitrogens with zero attached hydrogens (tertiary/aromatic N) is 2. The van der Waals surface area contributed by atoms with E-state index >= 15 is 0 Å². The molecule has 2 heterocycles. The molecule has 1 aliphatic rings. The van der Waals surface area contributed by atoms with Gasteiger partial charge in [0, 0.05) is 35.8 Å². The number of amides is 1. The van der Waals surface area contributed by atoms with Crippen LogP contribution in [0.4, 0.5) is 11.4 Å². The van der Waals surface area contributed by atoms with E-state index in [1.807, 2.05) is 6.07 Å². The zero-order chi connectivity index (χ0) is 23.9. The Hall–Kier alpha value is -3.89. The number of pyridine rings is 1. The summed E-state index contributed by atoms with van der Waals surface area (Å²) in [5, 5.41) is 17.6. The molecule has 1 aromatic heterocycles. The topological polar surface area (TPSA) is 139 Å². The van der Waals surface area contributed by atoms with Crippen LogP contribution in [0.15, 0.2) is 82.9 Å². The van der Waals surface area contributed by atoms with Crippen molar-refractivity contribution in [3.05, 3.63) is 84.2 Å². The lowest BCUT2D eigenvalue weighted by Gasteiger charge is -2.22. The molecule has 10 heteroatoms. The summed E-state index contributed by atoms with van der Waals surface area (Å²) in [6, 6.07) is 17.0. The predicted octanol–water partition coefficient (Wildman–Crippen LogP) is 3.03. The summed E-state index contributed by atoms with van der Waals surface area (Å²) >= 11 is -1.76. The number of carbonyl (C=O) groups is 2. The highest BCUT2D eigenvalue weighted by atomic mass is 32.2. The molecule has 0 saturated carbocycles. The molecule has 2 unspecified atom stereocenters. The standard InChI is InChI=1S/C24H23N5O4S/c30-22(31)14-21(17-6-4-10-25-15-17)34(33)20-9-2-1-8-19(20)29-23(32)16-5-3-7-18(13-16)28-24-26-11-12-27-24/h1-10,13,15,21H,11-12,14H2,(H,29,32)(H,30,31)(H2,26,27,28). The number of hydrogen-bond acceptors (Lipinski definition) is 7. The number of nitrogens with one attached hydrogen (secondary N) is 3. The SMILES string of the molecule is O=C(O)CC(c1cccnc1)[S+]([O-])c1ccccc1NC(=O)c1cccc(NC2=NCCN2)c1. The van der Waals surface area contributed by atoms with E-state index in [2.05, 4.69) is 25.9 Å². The molecule has 1 aliphatic heterocycles. The Morgan fingerprint density at radius 1 is 1.15 bits per heavy atom. The molecule has 1 amide bonds. The molecule has 0 saturated heterocycles. The number of aliphatic carboxylic acids is 1. The summed E-state index contributed by atoms with van der Waals surface area (Å²) in [5.41, 5.74) is 2.01. The van der Waals surface area contributed by atoms with E-state index in [4.69, 9.17) is 0 Å². The second kappa shape index (κ2) is 10.8. The van der Waals surface area contributed by atoms with Crippen LogP contribution in [0.25, 0.3) is 0 Å². The van der Waals surface area contributed by atoms with Crippen LogP contribution in [-0.2, 0) is 16.0 Å². The van der Waals surface area contributed by atoms with E-state index in [0.29, 0.717) is 39.9 Å². The fraction of sp³-hybridized carbons (Fsp3) is 0.167. The van der Waals surface area contributed by atoms with Crippen LogP contribution < -0.4 is 16.0 Å². The predicted molar refractivity (Wildman–Crippen MR) is 130 cm³/mol. The van der Waals surface area contributed by atoms with Crippen molar-refractivity contribution in [2.24, 2.45) is 4.99 Å². The summed E-state index contributed by atoms with van der Waals surface area (Å²) in [7, 11) is 0. The molecule has 0 radical (unpaired) electrons. The molecule has 4 rings (SSSR count). The van der Waals surface area contributed by atoms with Crippen LogP contribution in [0.5, 0.6) is 0 Å². The molecule has 174 valence electrons. The van der Waals surface area contributed by atoms with Gasteiger partial charge in [-0.3, -0.25) is 19.6 Å². The van der Waals surface area contributed by atoms with Crippen molar-refractivity contribution in [1.82, 2.24) is 10.3 Å². The Balaban J connectivity index is 1.56. The van der Waals surface area contributed by atoms with E-state index in [-0.39, 0.29) is 12.3 Å². The molecule has 2 aromatic carbocycles. The molecule has 0 bridgehead atoms. The van der Waals surface area contributed by atoms with Crippen molar-refractivity contribution < 1.29 is 19.2 Å². The number of carbonyl (C=O) groups excluding carboxylic acids is 1. The van der Waals surface area contributed by atoms with Crippen molar-refractivity contribution in [2.45, 2.75) is 16.6 Å². The van der Waals surface area contributed by atoms with Gasteiger partial charge in [-0.1, -0.05) is 24.3 Å². The average molecular weight is 478 g/mol. The van der Waals surface area contributed by atoms with Gasteiger partial charge in [-0.15, -0.1) is 0 Å². The molecule has 0 spiro atoms. The third kappa shape index (κ3) is 5.72. The Labute approximate surface area is 199 Å². The third-order valence-electron chi connectivity index (χ3n) is 5.09. The number of anilines is 2. The monoisotopic (exact) mass is 477 g/mol. The average Bonchev–Trinajstić information content (AvgIpc) is 3.36. The Morgan fingerprint density at radius 2 is 2.00 bits per heavy atom. The van der Waals surface area contributed by atoms with Gasteiger partial charge in [-0.05, 0) is 47.6 Å². The first-order valence-corrected chi connectivity index (χ1v) is 11.8. The molecular formula is C24H23N5O4S. The first-order valence-electron chi connectivity index (χ1n) is 10.6. The Morgan fingerprint density at radius 3 is 2.74 bits per heavy atom. The maximum absolute atomic E-state index is 13.5. The van der Waals surface area contributed by atoms with Crippen LogP contribution in [-0.4, -0.2) is 45.6 Å². The van der Waals surface area contributed by atoms with E-state index in [1.54, 1.807) is 60.8 Å². The molecule has 34 heavy (non-hydrogen) atoms. The minimum absolute atomic E-state index is 0.338. The van der Waals surface area contributed by atoms with Crippen molar-refractivity contribution in [1.29, 1.82) is 0 Å². The fourth-order valence-corrected chi connectivity index (χ4v) is 5.03. The van der Waals surface area contributed by atoms with E-state index < -0.39 is 22.4 Å². The molecular weight excluding hydrogens is 454 g/mol. The first-order chi connectivity index (χ1) is 16.5. The number of hydrogen-bond donors (Lipinski definition) is 4. The molecule has 4 N–H and O–H groups in total. The normalized spacial score (nSPS) is 14.4. The van der Waals surface area contributed by atoms with Gasteiger partial charge in [0.05, 0.1) is 18.7 Å². The molecule has 0 aliphatic carbocycles. The number of rotatable bonds is 8. The number of guanidine groups is 1. The van der Waals surface area contributed by atoms with Crippen LogP contribution in [0, 0.1) is 0 Å². The summed E-state index contributed by atoms with van der Waals surface area (Å²) in [6.45, 7) is 1.46. The largest absolute Gasteiger partial charge is 0.611 e. The summed E-state index contributed by atoms with van der Waals surface area (Å²) in [4.78, 5) is 33.1. The zero-order valence-electron chi connectivity index (χ0n) is 18.1. The zero-order valence-corrected chi connectivity index (χ0v) is 18.9. The van der Waals surface area contributed by atoms with Gasteiger partial charge in [0.1, 0.15) is 0 Å². The first kappa shape index (κ1) is 23.3. The number of carboxylic acids is 1. The van der Waals surface area contributed by atoms with Crippen molar-refractivity contribution in [2.75, 3.05) is 23.7 Å². The van der Waals surface area contributed by atoms with Crippen LogP contribution in [0.3, 0.4) is 0 Å². The van der Waals surface area contributed by atoms with Gasteiger partial charge in [0.25, 0.3) is 5.91 Å². The number of aromatic nitrogens is 1. The van der Waals surface area contributed by atoms with Gasteiger partial charge in [0.15, 0.2) is 16.1 Å². The molecule has 3 aromatic rings. The Bertz CT molecular complexity index is 1200. The van der Waals surface area contributed by atoms with Crippen molar-refractivity contribution >= 4 is 40.4 Å². The van der Waals surface area contributed by atoms with Gasteiger partial charge >= 0.3 is 5.97 Å². The maximum Gasteiger partial charge on any atom is 0.308 e. The second-order valence-corrected chi connectivity index (χ2v) is 9.09. The highest BCUT2D eigenvalue weighted by Crippen LogP contribution is 2.35. The van der Waals surface area contributed by atoms with E-state index in [9.17, 15) is 19.2 Å². The number of para-hydroxylation sites is 1. The molecule has 0 fully saturated rings. The van der Waals surface area contributed by atoms with Crippen molar-refractivity contribution in [3.8, 4) is 0 Å². The van der Waals surface area contributed by atoms with Crippen molar-refractivity contribution in [3.63, 3.8) is 0 Å². The van der Waals surface area contributed by atoms with Crippen LogP contribution >= 0.6 is 0 Å². The van der Waals surface area contributed by atoms with Gasteiger partial charge < -0.3 is 25.6 Å². The highest BCUT2D eigenvalue weighted by Gasteiger charge is 2.31. The molecule has 2 atom stereocenters. The van der Waals surface area contributed by atoms with Gasteiger partial charge in [-0.2, -0.15) is 0 Å². The van der Waals surface area contributed by atoms with E-state index in [1.165, 1.54) is 6.20 Å². The summed E-state index contributed by atoms with van der Waals surface area (Å²) in [5.74, 6) is -0.807. The summed E-state index contributed by atoms with van der Waals surface area (Å²) < 4.78 is 13.5. The lowest BCUT2D eigenvalue weighted by atomic mass is 10.1. The Kier molecular flexibility index (Phi) is 7.41. The fourth-order valence-electron chi connectivity index (χ4n) is 3.49. The number of carboxylic acid groups (broad SMARTS) is 1. The highest BCUT2D eigenvalue weighted by molar-refractivity contribution is 7.91. The molecule has 9 nitrogen and oxygen atoms in total. The lowest BCUT2D eigenvalue weighted by Crippen LogP contribution is -2.26. The minimum atomic E-state index is -1.76. The third-order valence-corrected chi connectivity index (χ3v) is 6.83. The van der Waals surface area contributed by atoms with Gasteiger partial charge in [-0.25, -0.2) is 0 Å². The summed E-state index contributed by atoms with van der Waals surface area (Å²) in [6.07, 6.45) is 2.73. The minimum Gasteiger partial charge on any atom is -0.611 e. The van der Waals surface area contributed by atoms with Crippen LogP contribution in [0.1, 0.15) is 27.6 Å². The van der Waals surface area contributed by atoms with Crippen LogP contribution in [0.2, 0.25) is 0 Å². The number of benzene rings is 2. The van der Waals surface area contributed by atoms with E-state index in [0.717, 1.165) is 6.54 Å². The lowest BCUT2D eigenvalue weighted by molar-refractivity contribution is -0.137. The quantitative estimate of drug-likeness (QED) is 0.366. The maximum atomic E-state index is 13.5. The number of aliphatic imine (C=N–C) groups is 1. The smallest absolute Gasteiger partial charge is 0.308 e. The second-order valence-electron chi connectivity index (χ2n) is 7.48.